The molecule has 5 atom stereocenters. The predicted molar refractivity (Wildman–Crippen MR) is 485 cm³/mol. The van der Waals surface area contributed by atoms with E-state index in [1.54, 1.807) is 75.0 Å². The molecule has 1 spiro atoms. The van der Waals surface area contributed by atoms with Crippen molar-refractivity contribution in [2.24, 2.45) is 14.1 Å². The molecular weight excluding hydrogens is 1850 g/mol. The number of amides is 3. The number of pyridine rings is 2. The minimum atomic E-state index is -4.73. The summed E-state index contributed by atoms with van der Waals surface area (Å²) in [5.74, 6) is -9.94. The summed E-state index contributed by atoms with van der Waals surface area (Å²) in [6.07, 6.45) is -3.85. The Morgan fingerprint density at radius 2 is 0.899 bits per heavy atom. The van der Waals surface area contributed by atoms with Gasteiger partial charge in [0.25, 0.3) is 28.8 Å². The summed E-state index contributed by atoms with van der Waals surface area (Å²) in [6, 6.07) is 13.3. The Labute approximate surface area is 790 Å². The van der Waals surface area contributed by atoms with Gasteiger partial charge in [-0.2, -0.15) is 26.3 Å². The van der Waals surface area contributed by atoms with E-state index in [0.29, 0.717) is 191 Å². The highest BCUT2D eigenvalue weighted by molar-refractivity contribution is 6.31. The van der Waals surface area contributed by atoms with Gasteiger partial charge < -0.3 is 87.2 Å². The van der Waals surface area contributed by atoms with E-state index in [1.807, 2.05) is 39.0 Å². The third-order valence-corrected chi connectivity index (χ3v) is 26.1. The van der Waals surface area contributed by atoms with Crippen molar-refractivity contribution in [1.29, 1.82) is 0 Å². The average molecular weight is 1950 g/mol. The number of alkyl halides is 6. The molecule has 0 bridgehead atoms. The lowest BCUT2D eigenvalue weighted by molar-refractivity contribution is -0.167. The molecule has 3 amide bonds. The normalized spacial score (nSPS) is 17.1. The number of methoxy groups -OCH3 is 4. The lowest BCUT2D eigenvalue weighted by atomic mass is 9.90. The molecule has 3 aromatic heterocycles. The molecule has 0 unspecified atom stereocenters. The maximum absolute atomic E-state index is 15.5. The summed E-state index contributed by atoms with van der Waals surface area (Å²) < 4.78 is 215. The largest absolute Gasteiger partial charge is 0.494 e. The van der Waals surface area contributed by atoms with Gasteiger partial charge in [-0.1, -0.05) is 35.9 Å². The van der Waals surface area contributed by atoms with E-state index in [1.165, 1.54) is 24.9 Å². The molecule has 40 heteroatoms. The van der Waals surface area contributed by atoms with Crippen molar-refractivity contribution in [3.63, 3.8) is 0 Å². The molecule has 1 saturated carbocycles. The number of morpholine rings is 3. The summed E-state index contributed by atoms with van der Waals surface area (Å²) in [6.45, 7) is 10.0. The van der Waals surface area contributed by atoms with Crippen LogP contribution in [0.3, 0.4) is 0 Å². The van der Waals surface area contributed by atoms with Crippen LogP contribution in [0, 0.1) is 63.7 Å². The number of hydrogen-bond acceptors (Lipinski definition) is 23. The van der Waals surface area contributed by atoms with Crippen molar-refractivity contribution in [3.05, 3.63) is 224 Å². The number of carbonyl (C=O) groups excluding carboxylic acids is 6. The van der Waals surface area contributed by atoms with Gasteiger partial charge in [0.15, 0.2) is 0 Å². The number of benzene rings is 6. The van der Waals surface area contributed by atoms with Crippen molar-refractivity contribution in [1.82, 2.24) is 35.1 Å². The number of esters is 3. The third-order valence-electron chi connectivity index (χ3n) is 25.8. The highest BCUT2D eigenvalue weighted by Crippen LogP contribution is 2.47. The van der Waals surface area contributed by atoms with Crippen LogP contribution in [0.25, 0.3) is 33.6 Å². The molecule has 736 valence electrons. The minimum Gasteiger partial charge on any atom is -0.494 e. The molecular formula is C98H102ClF11N10O18. The Morgan fingerprint density at radius 1 is 0.486 bits per heavy atom. The number of anilines is 3. The van der Waals surface area contributed by atoms with Crippen LogP contribution in [0.5, 0.6) is 23.0 Å². The Balaban J connectivity index is 0.000000165. The Kier molecular flexibility index (Phi) is 30.9. The van der Waals surface area contributed by atoms with Crippen LogP contribution in [0.1, 0.15) is 125 Å². The van der Waals surface area contributed by atoms with Crippen LogP contribution in [0.2, 0.25) is 5.02 Å². The first-order valence-electron chi connectivity index (χ1n) is 44.6. The summed E-state index contributed by atoms with van der Waals surface area (Å²) in [5, 5.41) is 7.76. The first-order valence-corrected chi connectivity index (χ1v) is 45.0. The van der Waals surface area contributed by atoms with Gasteiger partial charge in [0, 0.05) is 110 Å². The van der Waals surface area contributed by atoms with Gasteiger partial charge in [0.05, 0.1) is 109 Å². The highest BCUT2D eigenvalue weighted by atomic mass is 35.5. The lowest BCUT2D eigenvalue weighted by Crippen LogP contribution is -2.53. The quantitative estimate of drug-likeness (QED) is 0.0322. The molecule has 4 fully saturated rings. The number of rotatable bonds is 22. The van der Waals surface area contributed by atoms with Crippen molar-refractivity contribution in [3.8, 4) is 56.6 Å². The highest BCUT2D eigenvalue weighted by Gasteiger charge is 2.50. The number of aromatic nitrogens is 4. The molecule has 7 aliphatic rings. The Hall–Kier alpha value is -12.9. The summed E-state index contributed by atoms with van der Waals surface area (Å²) >= 11 is 6.37. The first-order chi connectivity index (χ1) is 65.7. The summed E-state index contributed by atoms with van der Waals surface area (Å²) in [4.78, 5) is 118. The number of carbonyl (C=O) groups is 6. The zero-order chi connectivity index (χ0) is 99.4. The van der Waals surface area contributed by atoms with Crippen LogP contribution in [-0.4, -0.2) is 210 Å². The summed E-state index contributed by atoms with van der Waals surface area (Å²) in [5.41, 5.74) is 7.47. The number of halogens is 12. The van der Waals surface area contributed by atoms with E-state index >= 15 is 22.0 Å². The molecule has 3 N–H and O–H groups in total. The van der Waals surface area contributed by atoms with E-state index in [-0.39, 0.29) is 67.8 Å². The van der Waals surface area contributed by atoms with Crippen molar-refractivity contribution < 1.29 is 124 Å². The van der Waals surface area contributed by atoms with E-state index in [0.717, 1.165) is 77.1 Å². The van der Waals surface area contributed by atoms with E-state index < -0.39 is 143 Å². The second-order valence-corrected chi connectivity index (χ2v) is 34.9. The molecule has 1 aliphatic carbocycles. The molecule has 138 heavy (non-hydrogen) atoms. The predicted octanol–water partition coefficient (Wildman–Crippen LogP) is 13.6. The smallest absolute Gasteiger partial charge is 0.411 e. The van der Waals surface area contributed by atoms with Gasteiger partial charge in [0.2, 0.25) is 0 Å². The number of aryl methyl sites for hydroxylation is 3. The molecule has 16 rings (SSSR count). The van der Waals surface area contributed by atoms with Gasteiger partial charge >= 0.3 is 30.3 Å². The standard InChI is InChI=1S/C34H39FN4O6.C32H31ClF5N3O6.C32H32F5N3O6/c1-19-15-23(39-12-14-45-34(18-39)10-11-34)17-26(35)28(19)31(40)37-27(33(42)43-5)16-22-8-9-25(30-24(22)7-6-13-44-30)29-32(41)38(4)21(3)20(2)36-29;1-16-22(33)14-21(30(43)40(16)2)20-7-6-17(19-5-4-9-47-28(19)20)11-25(31(44)45-3)39-29(42)27-23(34)12-18(13-24(27)35)41-8-10-46-15-26(41)32(36,37)38;1-17-6-9-25(43-2)28(38-17)21-8-7-18(20-5-4-11-46-29(20)21)13-24(31(42)44-3)39-30(41)27-22(33)14-19(15-23(27)34)40-10-12-45-16-26(40)32(35,36)37/h8-9,15,17,27H,6-7,10-14,16,18H2,1-5H3,(H,37,40);6-7,12-14,25-26H,4-5,8-11,15H2,1-3H3,(H,39,42);6-9,14-15,24,26H,4-5,10-13,16H2,1-3H3,(H,39,41)/t27-;25-,26+;24-,26+/m000/s1. The SMILES string of the molecule is COC(=O)[C@H](Cc1ccc(-c2cc(Cl)c(C)n(C)c2=O)c2c1CCCO2)NC(=O)c1c(F)cc(N2CCOC[C@@H]2C(F)(F)F)cc1F.COC(=O)[C@H](Cc1ccc(-c2nc(C)c(C)n(C)c2=O)c2c1CCCO2)NC(=O)c1c(C)cc(N2CCOC3(CC3)C2)cc1F.COC(=O)[C@H](Cc1ccc(-c2nc(C)ccc2OC)c2c1CCCO2)NC(=O)c1c(F)cc(N2CCOC[C@@H]2C(F)(F)F)cc1F. The zero-order valence-electron chi connectivity index (χ0n) is 77.3. The van der Waals surface area contributed by atoms with Crippen LogP contribution < -0.4 is 60.7 Å². The second kappa shape index (κ2) is 42.2. The molecule has 3 saturated heterocycles. The van der Waals surface area contributed by atoms with Crippen molar-refractivity contribution in [2.45, 2.75) is 153 Å². The number of fused-ring (bicyclic) bond motifs is 3. The number of ether oxygens (including phenoxy) is 10. The number of hydrogen-bond donors (Lipinski definition) is 3. The maximum atomic E-state index is 15.5. The van der Waals surface area contributed by atoms with E-state index in [2.05, 4.69) is 30.8 Å². The van der Waals surface area contributed by atoms with E-state index in [4.69, 9.17) is 59.0 Å². The monoisotopic (exact) mass is 1950 g/mol. The second-order valence-electron chi connectivity index (χ2n) is 34.5. The van der Waals surface area contributed by atoms with E-state index in [9.17, 15) is 64.7 Å². The maximum Gasteiger partial charge on any atom is 0.411 e. The van der Waals surface area contributed by atoms with Crippen LogP contribution in [0.4, 0.5) is 65.4 Å². The van der Waals surface area contributed by atoms with Crippen molar-refractivity contribution in [2.75, 3.05) is 122 Å². The molecule has 9 aromatic rings. The number of nitrogens with one attached hydrogen (secondary N) is 3. The lowest BCUT2D eigenvalue weighted by Gasteiger charge is -2.38. The fourth-order valence-corrected chi connectivity index (χ4v) is 18.2. The van der Waals surface area contributed by atoms with Gasteiger partial charge in [-0.15, -0.1) is 0 Å². The number of nitrogens with zero attached hydrogens (tertiary/aromatic N) is 7. The van der Waals surface area contributed by atoms with Crippen LogP contribution >= 0.6 is 11.6 Å². The van der Waals surface area contributed by atoms with Gasteiger partial charge in [-0.25, -0.2) is 46.3 Å². The van der Waals surface area contributed by atoms with Crippen LogP contribution in [0.15, 0.2) is 101 Å². The van der Waals surface area contributed by atoms with Gasteiger partial charge in [-0.05, 0) is 192 Å². The zero-order valence-corrected chi connectivity index (χ0v) is 78.1. The molecule has 28 nitrogen and oxygen atoms in total. The minimum absolute atomic E-state index is 0.0797. The third kappa shape index (κ3) is 21.7. The topological polar surface area (TPSA) is 310 Å². The molecule has 6 aromatic carbocycles. The van der Waals surface area contributed by atoms with Crippen LogP contribution in [-0.2, 0) is 95.4 Å². The average Bonchev–Trinajstić information content (AvgIpc) is 1.64. The summed E-state index contributed by atoms with van der Waals surface area (Å²) in [7, 11) is 8.27. The Bertz CT molecular complexity index is 6280. The first kappa shape index (κ1) is 101. The van der Waals surface area contributed by atoms with Gasteiger partial charge in [-0.3, -0.25) is 24.0 Å². The fraction of sp³-hybridized carbons (Fsp3) is 0.429. The fourth-order valence-electron chi connectivity index (χ4n) is 18.0. The molecule has 9 heterocycles. The Morgan fingerprint density at radius 3 is 1.33 bits per heavy atom. The van der Waals surface area contributed by atoms with Gasteiger partial charge in [0.1, 0.15) is 105 Å². The molecule has 6 aliphatic heterocycles. The molecule has 0 radical (unpaired) electrons. The van der Waals surface area contributed by atoms with Crippen molar-refractivity contribution >= 4 is 64.3 Å².